The average molecular weight is 449 g/mol. The second-order valence-electron chi connectivity index (χ2n) is 7.87. The lowest BCUT2D eigenvalue weighted by Gasteiger charge is -2.14. The first-order valence-corrected chi connectivity index (χ1v) is 10.9. The van der Waals surface area contributed by atoms with E-state index in [9.17, 15) is 9.59 Å². The van der Waals surface area contributed by atoms with Gasteiger partial charge in [0, 0.05) is 23.7 Å². The number of amides is 1. The number of aromatic amines is 1. The van der Waals surface area contributed by atoms with Crippen molar-refractivity contribution in [1.82, 2.24) is 10.3 Å². The van der Waals surface area contributed by atoms with Crippen LogP contribution in [-0.2, 0) is 4.79 Å². The molecular formula is C23H26Cl2N2O3. The van der Waals surface area contributed by atoms with Gasteiger partial charge in [-0.1, -0.05) is 49.2 Å². The summed E-state index contributed by atoms with van der Waals surface area (Å²) in [6.45, 7) is 4.98. The van der Waals surface area contributed by atoms with Crippen LogP contribution in [0, 0.1) is 5.92 Å². The minimum atomic E-state index is -0.369. The fourth-order valence-electron chi connectivity index (χ4n) is 3.38. The van der Waals surface area contributed by atoms with Crippen LogP contribution in [0.2, 0.25) is 10.0 Å². The van der Waals surface area contributed by atoms with Gasteiger partial charge in [0.05, 0.1) is 11.6 Å². The standard InChI is InChI=1S/C23H26Cl2N2O3/c1-14(2)4-3-11-30-21-9-5-15(12-19(21)25)17(13-16-6-10-22(28)26-16)20-8-7-18(24)23(29)27-20/h5,7-9,12-14,16H,3-4,6,10-11H2,1-2H3,(H,26,28)(H,27,29)/t16-/m1/s1. The molecule has 1 aliphatic rings. The number of H-pyrrole nitrogens is 1. The van der Waals surface area contributed by atoms with Crippen LogP contribution < -0.4 is 15.6 Å². The van der Waals surface area contributed by atoms with Crippen molar-refractivity contribution in [2.45, 2.75) is 45.6 Å². The van der Waals surface area contributed by atoms with Gasteiger partial charge >= 0.3 is 0 Å². The van der Waals surface area contributed by atoms with E-state index in [2.05, 4.69) is 24.1 Å². The Hall–Kier alpha value is -2.24. The molecule has 0 aliphatic carbocycles. The van der Waals surface area contributed by atoms with Crippen LogP contribution in [0.1, 0.15) is 50.8 Å². The van der Waals surface area contributed by atoms with Crippen molar-refractivity contribution >= 4 is 34.7 Å². The van der Waals surface area contributed by atoms with Crippen LogP contribution in [0.4, 0.5) is 0 Å². The first kappa shape index (κ1) is 22.4. The molecule has 1 fully saturated rings. The van der Waals surface area contributed by atoms with Crippen LogP contribution in [0.15, 0.2) is 41.2 Å². The van der Waals surface area contributed by atoms with Crippen molar-refractivity contribution in [3.8, 4) is 5.75 Å². The van der Waals surface area contributed by atoms with Gasteiger partial charge in [-0.05, 0) is 55.0 Å². The highest BCUT2D eigenvalue weighted by Gasteiger charge is 2.21. The van der Waals surface area contributed by atoms with Gasteiger partial charge in [0.1, 0.15) is 10.8 Å². The summed E-state index contributed by atoms with van der Waals surface area (Å²) >= 11 is 12.4. The Kier molecular flexibility index (Phi) is 7.62. The fraction of sp³-hybridized carbons (Fsp3) is 0.391. The van der Waals surface area contributed by atoms with E-state index in [1.165, 1.54) is 0 Å². The third-order valence-corrected chi connectivity index (χ3v) is 5.57. The summed E-state index contributed by atoms with van der Waals surface area (Å²) in [5, 5.41) is 3.54. The van der Waals surface area contributed by atoms with E-state index in [0.717, 1.165) is 24.0 Å². The summed E-state index contributed by atoms with van der Waals surface area (Å²) in [4.78, 5) is 26.5. The molecule has 0 unspecified atom stereocenters. The second kappa shape index (κ2) is 10.2. The third-order valence-electron chi connectivity index (χ3n) is 4.97. The lowest BCUT2D eigenvalue weighted by molar-refractivity contribution is -0.119. The molecule has 160 valence electrons. The summed E-state index contributed by atoms with van der Waals surface area (Å²) in [7, 11) is 0. The SMILES string of the molecule is CC(C)CCCOc1ccc(C(=C[C@H]2CCC(=O)N2)c2ccc(Cl)c(=O)[nH]2)cc1Cl. The maximum atomic E-state index is 12.0. The topological polar surface area (TPSA) is 71.2 Å². The number of rotatable bonds is 8. The van der Waals surface area contributed by atoms with Gasteiger partial charge in [0.2, 0.25) is 5.91 Å². The van der Waals surface area contributed by atoms with Crippen LogP contribution in [0.25, 0.3) is 5.57 Å². The zero-order valence-corrected chi connectivity index (χ0v) is 18.6. The van der Waals surface area contributed by atoms with Gasteiger partial charge < -0.3 is 15.0 Å². The van der Waals surface area contributed by atoms with Crippen LogP contribution in [0.5, 0.6) is 5.75 Å². The van der Waals surface area contributed by atoms with Crippen LogP contribution >= 0.6 is 23.2 Å². The molecule has 0 bridgehead atoms. The molecule has 0 radical (unpaired) electrons. The zero-order valence-electron chi connectivity index (χ0n) is 17.1. The van der Waals surface area contributed by atoms with E-state index in [1.54, 1.807) is 12.1 Å². The molecule has 3 rings (SSSR count). The molecule has 1 amide bonds. The maximum Gasteiger partial charge on any atom is 0.267 e. The monoisotopic (exact) mass is 448 g/mol. The third kappa shape index (κ3) is 5.89. The molecule has 0 saturated carbocycles. The number of halogens is 2. The quantitative estimate of drug-likeness (QED) is 0.544. The number of hydrogen-bond acceptors (Lipinski definition) is 3. The highest BCUT2D eigenvalue weighted by Crippen LogP contribution is 2.31. The van der Waals surface area contributed by atoms with Gasteiger partial charge in [-0.3, -0.25) is 9.59 Å². The summed E-state index contributed by atoms with van der Waals surface area (Å²) in [5.41, 5.74) is 1.82. The Bertz CT molecular complexity index is 998. The molecule has 2 aromatic rings. The van der Waals surface area contributed by atoms with Crippen molar-refractivity contribution in [3.63, 3.8) is 0 Å². The summed E-state index contributed by atoms with van der Waals surface area (Å²) in [6.07, 6.45) is 5.19. The van der Waals surface area contributed by atoms with Gasteiger partial charge in [0.25, 0.3) is 5.56 Å². The number of hydrogen-bond donors (Lipinski definition) is 2. The molecule has 0 spiro atoms. The predicted molar refractivity (Wildman–Crippen MR) is 121 cm³/mol. The maximum absolute atomic E-state index is 12.0. The number of benzene rings is 1. The normalized spacial score (nSPS) is 16.8. The Morgan fingerprint density at radius 1 is 1.20 bits per heavy atom. The highest BCUT2D eigenvalue weighted by atomic mass is 35.5. The van der Waals surface area contributed by atoms with Crippen LogP contribution in [0.3, 0.4) is 0 Å². The summed E-state index contributed by atoms with van der Waals surface area (Å²) < 4.78 is 5.83. The second-order valence-corrected chi connectivity index (χ2v) is 8.69. The summed E-state index contributed by atoms with van der Waals surface area (Å²) in [5.74, 6) is 1.28. The van der Waals surface area contributed by atoms with Gasteiger partial charge in [-0.25, -0.2) is 0 Å². The molecule has 1 aromatic heterocycles. The molecule has 2 heterocycles. The molecule has 7 heteroatoms. The number of nitrogens with one attached hydrogen (secondary N) is 2. The van der Waals surface area contributed by atoms with Crippen molar-refractivity contribution in [1.29, 1.82) is 0 Å². The lowest BCUT2D eigenvalue weighted by atomic mass is 9.99. The Balaban J connectivity index is 1.88. The van der Waals surface area contributed by atoms with E-state index in [4.69, 9.17) is 27.9 Å². The molecule has 1 aromatic carbocycles. The minimum absolute atomic E-state index is 0.0170. The van der Waals surface area contributed by atoms with Gasteiger partial charge in [-0.2, -0.15) is 0 Å². The van der Waals surface area contributed by atoms with Crippen molar-refractivity contribution in [2.75, 3.05) is 6.61 Å². The average Bonchev–Trinajstić information content (AvgIpc) is 3.11. The van der Waals surface area contributed by atoms with E-state index in [1.807, 2.05) is 24.3 Å². The summed E-state index contributed by atoms with van der Waals surface area (Å²) in [6, 6.07) is 8.74. The van der Waals surface area contributed by atoms with Crippen molar-refractivity contribution in [2.24, 2.45) is 5.92 Å². The lowest BCUT2D eigenvalue weighted by Crippen LogP contribution is -2.23. The Morgan fingerprint density at radius 3 is 2.63 bits per heavy atom. The van der Waals surface area contributed by atoms with Gasteiger partial charge in [0.15, 0.2) is 0 Å². The predicted octanol–water partition coefficient (Wildman–Crippen LogP) is 5.21. The molecule has 1 aliphatic heterocycles. The molecular weight excluding hydrogens is 423 g/mol. The fourth-order valence-corrected chi connectivity index (χ4v) is 3.72. The number of carbonyl (C=O) groups is 1. The largest absolute Gasteiger partial charge is 0.492 e. The number of aromatic nitrogens is 1. The van der Waals surface area contributed by atoms with E-state index < -0.39 is 0 Å². The number of ether oxygens (including phenoxy) is 1. The van der Waals surface area contributed by atoms with E-state index in [-0.39, 0.29) is 22.5 Å². The first-order valence-electron chi connectivity index (χ1n) is 10.2. The Morgan fingerprint density at radius 2 is 2.00 bits per heavy atom. The van der Waals surface area contributed by atoms with E-state index in [0.29, 0.717) is 41.8 Å². The highest BCUT2D eigenvalue weighted by molar-refractivity contribution is 6.32. The van der Waals surface area contributed by atoms with E-state index >= 15 is 0 Å². The molecule has 30 heavy (non-hydrogen) atoms. The smallest absolute Gasteiger partial charge is 0.267 e. The zero-order chi connectivity index (χ0) is 21.7. The molecule has 5 nitrogen and oxygen atoms in total. The number of carbonyl (C=O) groups excluding carboxylic acids is 1. The molecule has 1 atom stereocenters. The molecule has 2 N–H and O–H groups in total. The van der Waals surface area contributed by atoms with Gasteiger partial charge in [-0.15, -0.1) is 0 Å². The number of pyridine rings is 1. The minimum Gasteiger partial charge on any atom is -0.492 e. The molecule has 1 saturated heterocycles. The van der Waals surface area contributed by atoms with Crippen molar-refractivity contribution in [3.05, 3.63) is 68.1 Å². The van der Waals surface area contributed by atoms with Crippen LogP contribution in [-0.4, -0.2) is 23.5 Å². The Labute approximate surface area is 186 Å². The van der Waals surface area contributed by atoms with Crippen molar-refractivity contribution < 1.29 is 9.53 Å². The first-order chi connectivity index (χ1) is 14.3.